The van der Waals surface area contributed by atoms with Gasteiger partial charge in [-0.1, -0.05) is 30.3 Å². The number of fused-ring (bicyclic) bond motifs is 1. The quantitative estimate of drug-likeness (QED) is 0.756. The van der Waals surface area contributed by atoms with Gasteiger partial charge < -0.3 is 4.74 Å². The van der Waals surface area contributed by atoms with Crippen molar-refractivity contribution in [3.05, 3.63) is 54.1 Å². The molecule has 2 aromatic rings. The average Bonchev–Trinajstić information content (AvgIpc) is 2.89. The van der Waals surface area contributed by atoms with E-state index in [1.165, 1.54) is 15.4 Å². The van der Waals surface area contributed by atoms with E-state index in [2.05, 4.69) is 48.7 Å². The standard InChI is InChI=1S/C16H16OS2/c1-18-16-9-5-3-7-14(16)17-10-12-11-19-15-8-4-2-6-13(12)15/h2-9,12H,10-11H2,1H3. The molecular weight excluding hydrogens is 272 g/mol. The molecule has 0 N–H and O–H groups in total. The van der Waals surface area contributed by atoms with Crippen molar-refractivity contribution in [2.45, 2.75) is 15.7 Å². The van der Waals surface area contributed by atoms with E-state index in [9.17, 15) is 0 Å². The Balaban J connectivity index is 1.71. The Morgan fingerprint density at radius 2 is 1.95 bits per heavy atom. The van der Waals surface area contributed by atoms with Crippen LogP contribution in [0.4, 0.5) is 0 Å². The van der Waals surface area contributed by atoms with Gasteiger partial charge in [0.05, 0.1) is 6.61 Å². The van der Waals surface area contributed by atoms with E-state index in [0.29, 0.717) is 5.92 Å². The van der Waals surface area contributed by atoms with Crippen molar-refractivity contribution in [1.29, 1.82) is 0 Å². The van der Waals surface area contributed by atoms with Gasteiger partial charge in [-0.3, -0.25) is 0 Å². The molecule has 0 bridgehead atoms. The molecule has 0 amide bonds. The number of benzene rings is 2. The minimum atomic E-state index is 0.510. The highest BCUT2D eigenvalue weighted by Crippen LogP contribution is 2.39. The second-order valence-electron chi connectivity index (χ2n) is 4.51. The largest absolute Gasteiger partial charge is 0.492 e. The maximum Gasteiger partial charge on any atom is 0.132 e. The molecule has 0 spiro atoms. The van der Waals surface area contributed by atoms with Gasteiger partial charge in [0.1, 0.15) is 5.75 Å². The molecule has 1 unspecified atom stereocenters. The smallest absolute Gasteiger partial charge is 0.132 e. The lowest BCUT2D eigenvalue weighted by molar-refractivity contribution is 0.291. The molecule has 0 aromatic heterocycles. The molecule has 3 rings (SSSR count). The van der Waals surface area contributed by atoms with E-state index >= 15 is 0 Å². The summed E-state index contributed by atoms with van der Waals surface area (Å²) in [7, 11) is 0. The van der Waals surface area contributed by atoms with Crippen LogP contribution in [0.25, 0.3) is 0 Å². The van der Waals surface area contributed by atoms with Crippen LogP contribution in [0.15, 0.2) is 58.3 Å². The van der Waals surface area contributed by atoms with Crippen LogP contribution in [-0.4, -0.2) is 18.6 Å². The molecule has 1 atom stereocenters. The lowest BCUT2D eigenvalue weighted by Gasteiger charge is -2.14. The molecule has 1 aliphatic rings. The molecular formula is C16H16OS2. The zero-order valence-electron chi connectivity index (χ0n) is 10.8. The molecule has 1 heterocycles. The maximum atomic E-state index is 6.03. The predicted molar refractivity (Wildman–Crippen MR) is 83.6 cm³/mol. The van der Waals surface area contributed by atoms with Crippen LogP contribution in [0.5, 0.6) is 5.75 Å². The molecule has 2 aromatic carbocycles. The van der Waals surface area contributed by atoms with Crippen molar-refractivity contribution in [2.75, 3.05) is 18.6 Å². The van der Waals surface area contributed by atoms with Crippen LogP contribution in [0, 0.1) is 0 Å². The van der Waals surface area contributed by atoms with Gasteiger partial charge in [0.15, 0.2) is 0 Å². The second-order valence-corrected chi connectivity index (χ2v) is 6.42. The Bertz CT molecular complexity index is 568. The predicted octanol–water partition coefficient (Wildman–Crippen LogP) is 4.68. The molecule has 1 aliphatic heterocycles. The highest BCUT2D eigenvalue weighted by atomic mass is 32.2. The topological polar surface area (TPSA) is 9.23 Å². The maximum absolute atomic E-state index is 6.03. The lowest BCUT2D eigenvalue weighted by atomic mass is 10.0. The van der Waals surface area contributed by atoms with E-state index in [0.717, 1.165) is 18.1 Å². The summed E-state index contributed by atoms with van der Waals surface area (Å²) in [5.41, 5.74) is 1.44. The van der Waals surface area contributed by atoms with Crippen LogP contribution in [0.1, 0.15) is 11.5 Å². The van der Waals surface area contributed by atoms with E-state index in [-0.39, 0.29) is 0 Å². The summed E-state index contributed by atoms with van der Waals surface area (Å²) in [6.07, 6.45) is 2.09. The Labute approximate surface area is 122 Å². The molecule has 1 nitrogen and oxygen atoms in total. The molecule has 98 valence electrons. The van der Waals surface area contributed by atoms with Gasteiger partial charge in [-0.25, -0.2) is 0 Å². The third-order valence-corrected chi connectivity index (χ3v) is 5.34. The third kappa shape index (κ3) is 2.77. The number of para-hydroxylation sites is 1. The zero-order valence-corrected chi connectivity index (χ0v) is 12.5. The highest BCUT2D eigenvalue weighted by Gasteiger charge is 2.23. The van der Waals surface area contributed by atoms with E-state index in [1.807, 2.05) is 17.8 Å². The monoisotopic (exact) mass is 288 g/mol. The summed E-state index contributed by atoms with van der Waals surface area (Å²) in [6.45, 7) is 0.765. The first kappa shape index (κ1) is 12.9. The van der Waals surface area contributed by atoms with Crippen molar-refractivity contribution in [3.63, 3.8) is 0 Å². The summed E-state index contributed by atoms with van der Waals surface area (Å²) in [5, 5.41) is 0. The molecule has 3 heteroatoms. The van der Waals surface area contributed by atoms with Gasteiger partial charge in [-0.15, -0.1) is 23.5 Å². The third-order valence-electron chi connectivity index (χ3n) is 3.31. The van der Waals surface area contributed by atoms with Crippen molar-refractivity contribution in [1.82, 2.24) is 0 Å². The molecule has 19 heavy (non-hydrogen) atoms. The van der Waals surface area contributed by atoms with E-state index in [1.54, 1.807) is 11.8 Å². The molecule has 0 saturated heterocycles. The first-order valence-corrected chi connectivity index (χ1v) is 8.57. The summed E-state index contributed by atoms with van der Waals surface area (Å²) in [6, 6.07) is 16.9. The number of ether oxygens (including phenoxy) is 1. The molecule has 0 fully saturated rings. The number of thioether (sulfide) groups is 2. The Kier molecular flexibility index (Phi) is 4.04. The summed E-state index contributed by atoms with van der Waals surface area (Å²) < 4.78 is 6.03. The van der Waals surface area contributed by atoms with Crippen molar-refractivity contribution < 1.29 is 4.74 Å². The minimum absolute atomic E-state index is 0.510. The van der Waals surface area contributed by atoms with Crippen LogP contribution in [0.3, 0.4) is 0 Å². The van der Waals surface area contributed by atoms with Crippen molar-refractivity contribution in [3.8, 4) is 5.75 Å². The zero-order chi connectivity index (χ0) is 13.1. The van der Waals surface area contributed by atoms with Gasteiger partial charge in [-0.2, -0.15) is 0 Å². The fourth-order valence-electron chi connectivity index (χ4n) is 2.30. The first-order valence-electron chi connectivity index (χ1n) is 6.36. The molecule has 0 saturated carbocycles. The highest BCUT2D eigenvalue weighted by molar-refractivity contribution is 7.99. The molecule has 0 aliphatic carbocycles. The van der Waals surface area contributed by atoms with Gasteiger partial charge >= 0.3 is 0 Å². The first-order chi connectivity index (χ1) is 9.38. The Morgan fingerprint density at radius 1 is 1.16 bits per heavy atom. The van der Waals surface area contributed by atoms with Gasteiger partial charge in [0.2, 0.25) is 0 Å². The lowest BCUT2D eigenvalue weighted by Crippen LogP contribution is -2.10. The minimum Gasteiger partial charge on any atom is -0.492 e. The fraction of sp³-hybridized carbons (Fsp3) is 0.250. The SMILES string of the molecule is CSc1ccccc1OCC1CSc2ccccc21. The number of hydrogen-bond donors (Lipinski definition) is 0. The number of hydrogen-bond acceptors (Lipinski definition) is 3. The van der Waals surface area contributed by atoms with Gasteiger partial charge in [0, 0.05) is 21.5 Å². The summed E-state index contributed by atoms with van der Waals surface area (Å²) in [4.78, 5) is 2.62. The van der Waals surface area contributed by atoms with Crippen molar-refractivity contribution in [2.24, 2.45) is 0 Å². The Morgan fingerprint density at radius 3 is 2.84 bits per heavy atom. The Hall–Kier alpha value is -1.06. The van der Waals surface area contributed by atoms with Crippen molar-refractivity contribution >= 4 is 23.5 Å². The summed E-state index contributed by atoms with van der Waals surface area (Å²) in [5.74, 6) is 2.64. The van der Waals surface area contributed by atoms with Crippen LogP contribution in [0.2, 0.25) is 0 Å². The van der Waals surface area contributed by atoms with Crippen LogP contribution in [-0.2, 0) is 0 Å². The summed E-state index contributed by atoms with van der Waals surface area (Å²) >= 11 is 3.67. The van der Waals surface area contributed by atoms with E-state index in [4.69, 9.17) is 4.74 Å². The molecule has 0 radical (unpaired) electrons. The fourth-order valence-corrected chi connectivity index (χ4v) is 4.07. The van der Waals surface area contributed by atoms with Crippen LogP contribution >= 0.6 is 23.5 Å². The van der Waals surface area contributed by atoms with Gasteiger partial charge in [-0.05, 0) is 30.0 Å². The van der Waals surface area contributed by atoms with E-state index < -0.39 is 0 Å². The number of rotatable bonds is 4. The second kappa shape index (κ2) is 5.93. The average molecular weight is 288 g/mol. The van der Waals surface area contributed by atoms with Crippen LogP contribution < -0.4 is 4.74 Å². The van der Waals surface area contributed by atoms with Gasteiger partial charge in [0.25, 0.3) is 0 Å². The normalized spacial score (nSPS) is 17.2.